The molecule has 1 amide bonds. The number of nitro groups is 1. The van der Waals surface area contributed by atoms with Crippen LogP contribution in [0.15, 0.2) is 30.3 Å². The Morgan fingerprint density at radius 3 is 2.21 bits per heavy atom. The zero-order valence-electron chi connectivity index (χ0n) is 16.2. The summed E-state index contributed by atoms with van der Waals surface area (Å²) in [5.41, 5.74) is 0.997. The fraction of sp³-hybridized carbons (Fsp3) is 0.389. The number of ether oxygens (including phenoxy) is 2. The molecule has 1 aliphatic rings. The highest BCUT2D eigenvalue weighted by molar-refractivity contribution is 5.90. The number of carbonyl (C=O) groups excluding carboxylic acids is 1. The second-order valence-corrected chi connectivity index (χ2v) is 6.36. The number of hydrogen-bond donors (Lipinski definition) is 1. The van der Waals surface area contributed by atoms with Gasteiger partial charge < -0.3 is 14.4 Å². The lowest BCUT2D eigenvalue weighted by Gasteiger charge is -2.35. The molecule has 154 valence electrons. The first-order valence-electron chi connectivity index (χ1n) is 8.97. The van der Waals surface area contributed by atoms with Crippen molar-refractivity contribution in [1.82, 2.24) is 14.9 Å². The van der Waals surface area contributed by atoms with Gasteiger partial charge in [-0.15, -0.1) is 0 Å². The molecule has 1 fully saturated rings. The predicted molar refractivity (Wildman–Crippen MR) is 106 cm³/mol. The molecule has 29 heavy (non-hydrogen) atoms. The van der Waals surface area contributed by atoms with Crippen LogP contribution in [-0.2, 0) is 4.79 Å². The van der Waals surface area contributed by atoms with Gasteiger partial charge in [-0.25, -0.2) is 0 Å². The Bertz CT molecular complexity index is 845. The molecular formula is C18H22N6O5. The topological polar surface area (TPSA) is 123 Å². The summed E-state index contributed by atoms with van der Waals surface area (Å²) < 4.78 is 10.1. The monoisotopic (exact) mass is 402 g/mol. The number of carbonyl (C=O) groups is 1. The van der Waals surface area contributed by atoms with Gasteiger partial charge in [-0.3, -0.25) is 25.1 Å². The Kier molecular flexibility index (Phi) is 6.39. The van der Waals surface area contributed by atoms with E-state index in [9.17, 15) is 14.9 Å². The van der Waals surface area contributed by atoms with Gasteiger partial charge in [-0.1, -0.05) is 0 Å². The lowest BCUT2D eigenvalue weighted by molar-refractivity contribution is -0.384. The van der Waals surface area contributed by atoms with E-state index in [1.807, 2.05) is 4.90 Å². The first-order valence-corrected chi connectivity index (χ1v) is 8.97. The standard InChI is InChI=1S/C18H22N6O5/c1-28-16-11-17(29-2)21-18(20-16)19-15(25)12-22-7-9-23(10-8-22)13-3-5-14(6-4-13)24(26)27/h3-6,11H,7-10,12H2,1-2H3,(H,19,20,21,25). The largest absolute Gasteiger partial charge is 0.481 e. The molecule has 1 aliphatic heterocycles. The van der Waals surface area contributed by atoms with Crippen LogP contribution in [0.4, 0.5) is 17.3 Å². The van der Waals surface area contributed by atoms with E-state index in [1.165, 1.54) is 32.4 Å². The summed E-state index contributed by atoms with van der Waals surface area (Å²) in [4.78, 5) is 35.0. The van der Waals surface area contributed by atoms with E-state index < -0.39 is 4.92 Å². The average molecular weight is 402 g/mol. The molecule has 3 rings (SSSR count). The molecule has 0 atom stereocenters. The highest BCUT2D eigenvalue weighted by Gasteiger charge is 2.20. The number of nitro benzene ring substituents is 1. The smallest absolute Gasteiger partial charge is 0.269 e. The van der Waals surface area contributed by atoms with Crippen molar-refractivity contribution in [1.29, 1.82) is 0 Å². The molecule has 0 unspecified atom stereocenters. The van der Waals surface area contributed by atoms with Gasteiger partial charge in [-0.05, 0) is 12.1 Å². The van der Waals surface area contributed by atoms with Crippen molar-refractivity contribution in [3.8, 4) is 11.8 Å². The maximum atomic E-state index is 12.3. The molecule has 1 aromatic heterocycles. The van der Waals surface area contributed by atoms with Crippen molar-refractivity contribution < 1.29 is 19.2 Å². The molecule has 0 radical (unpaired) electrons. The van der Waals surface area contributed by atoms with E-state index in [0.717, 1.165) is 5.69 Å². The van der Waals surface area contributed by atoms with Crippen LogP contribution in [0.5, 0.6) is 11.8 Å². The van der Waals surface area contributed by atoms with Crippen molar-refractivity contribution in [2.75, 3.05) is 57.2 Å². The number of aromatic nitrogens is 2. The maximum absolute atomic E-state index is 12.3. The van der Waals surface area contributed by atoms with Gasteiger partial charge >= 0.3 is 0 Å². The van der Waals surface area contributed by atoms with Crippen LogP contribution >= 0.6 is 0 Å². The van der Waals surface area contributed by atoms with Crippen molar-refractivity contribution in [3.05, 3.63) is 40.4 Å². The molecule has 0 aliphatic carbocycles. The first-order chi connectivity index (χ1) is 14.0. The summed E-state index contributed by atoms with van der Waals surface area (Å²) in [6.45, 7) is 3.01. The minimum atomic E-state index is -0.415. The maximum Gasteiger partial charge on any atom is 0.269 e. The van der Waals surface area contributed by atoms with Crippen LogP contribution in [0.2, 0.25) is 0 Å². The number of nitrogens with one attached hydrogen (secondary N) is 1. The van der Waals surface area contributed by atoms with Crippen molar-refractivity contribution in [2.24, 2.45) is 0 Å². The summed E-state index contributed by atoms with van der Waals surface area (Å²) in [6, 6.07) is 8.00. The van der Waals surface area contributed by atoms with Crippen LogP contribution in [0, 0.1) is 10.1 Å². The molecule has 11 nitrogen and oxygen atoms in total. The van der Waals surface area contributed by atoms with Crippen LogP contribution in [0.1, 0.15) is 0 Å². The summed E-state index contributed by atoms with van der Waals surface area (Å²) in [7, 11) is 2.94. The third kappa shape index (κ3) is 5.29. The predicted octanol–water partition coefficient (Wildman–Crippen LogP) is 1.16. The third-order valence-electron chi connectivity index (χ3n) is 4.51. The van der Waals surface area contributed by atoms with Crippen molar-refractivity contribution >= 4 is 23.2 Å². The van der Waals surface area contributed by atoms with Gasteiger partial charge in [-0.2, -0.15) is 9.97 Å². The number of amides is 1. The summed E-state index contributed by atoms with van der Waals surface area (Å²) in [6.07, 6.45) is 0. The fourth-order valence-corrected chi connectivity index (χ4v) is 2.99. The molecule has 2 aromatic rings. The number of anilines is 2. The number of hydrogen-bond acceptors (Lipinski definition) is 9. The van der Waals surface area contributed by atoms with E-state index in [4.69, 9.17) is 9.47 Å². The van der Waals surface area contributed by atoms with Crippen LogP contribution in [0.25, 0.3) is 0 Å². The first kappa shape index (κ1) is 20.3. The average Bonchev–Trinajstić information content (AvgIpc) is 2.74. The number of methoxy groups -OCH3 is 2. The number of rotatable bonds is 7. The second kappa shape index (κ2) is 9.15. The molecule has 11 heteroatoms. The summed E-state index contributed by atoms with van der Waals surface area (Å²) in [5.74, 6) is 0.479. The molecular weight excluding hydrogens is 380 g/mol. The third-order valence-corrected chi connectivity index (χ3v) is 4.51. The van der Waals surface area contributed by atoms with Crippen molar-refractivity contribution in [3.63, 3.8) is 0 Å². The molecule has 1 aromatic carbocycles. The molecule has 0 bridgehead atoms. The summed E-state index contributed by atoms with van der Waals surface area (Å²) >= 11 is 0. The zero-order chi connectivity index (χ0) is 20.8. The lowest BCUT2D eigenvalue weighted by Crippen LogP contribution is -2.48. The van der Waals surface area contributed by atoms with Gasteiger partial charge in [0.05, 0.1) is 31.8 Å². The van der Waals surface area contributed by atoms with Crippen molar-refractivity contribution in [2.45, 2.75) is 0 Å². The van der Waals surface area contributed by atoms with Gasteiger partial charge in [0.2, 0.25) is 23.6 Å². The SMILES string of the molecule is COc1cc(OC)nc(NC(=O)CN2CCN(c3ccc([N+](=O)[O-])cc3)CC2)n1. The Morgan fingerprint density at radius 2 is 1.69 bits per heavy atom. The van der Waals surface area contributed by atoms with Crippen LogP contribution in [-0.4, -0.2) is 72.6 Å². The molecule has 2 heterocycles. The van der Waals surface area contributed by atoms with E-state index >= 15 is 0 Å². The zero-order valence-corrected chi connectivity index (χ0v) is 16.2. The number of non-ortho nitro benzene ring substituents is 1. The molecule has 1 saturated heterocycles. The van der Waals surface area contributed by atoms with E-state index in [1.54, 1.807) is 12.1 Å². The molecule has 0 saturated carbocycles. The number of nitrogens with zero attached hydrogens (tertiary/aromatic N) is 5. The van der Waals surface area contributed by atoms with Crippen LogP contribution < -0.4 is 19.7 Å². The number of benzene rings is 1. The minimum absolute atomic E-state index is 0.0699. The minimum Gasteiger partial charge on any atom is -0.481 e. The van der Waals surface area contributed by atoms with Gasteiger partial charge in [0.15, 0.2) is 0 Å². The number of piperazine rings is 1. The van der Waals surface area contributed by atoms with Gasteiger partial charge in [0.25, 0.3) is 5.69 Å². The highest BCUT2D eigenvalue weighted by Crippen LogP contribution is 2.21. The summed E-state index contributed by atoms with van der Waals surface area (Å²) in [5, 5.41) is 13.4. The van der Waals surface area contributed by atoms with E-state index in [0.29, 0.717) is 37.9 Å². The Morgan fingerprint density at radius 1 is 1.10 bits per heavy atom. The van der Waals surface area contributed by atoms with Crippen LogP contribution in [0.3, 0.4) is 0 Å². The Hall–Kier alpha value is -3.47. The van der Waals surface area contributed by atoms with Gasteiger partial charge in [0.1, 0.15) is 0 Å². The van der Waals surface area contributed by atoms with E-state index in [2.05, 4.69) is 20.2 Å². The molecule has 0 spiro atoms. The quantitative estimate of drug-likeness (QED) is 0.537. The second-order valence-electron chi connectivity index (χ2n) is 6.36. The Labute approximate surface area is 167 Å². The normalized spacial score (nSPS) is 14.3. The Balaban J connectivity index is 1.51. The lowest BCUT2D eigenvalue weighted by atomic mass is 10.2. The van der Waals surface area contributed by atoms with Gasteiger partial charge in [0, 0.05) is 44.0 Å². The van der Waals surface area contributed by atoms with E-state index in [-0.39, 0.29) is 24.1 Å². The molecule has 1 N–H and O–H groups in total. The highest BCUT2D eigenvalue weighted by atomic mass is 16.6. The fourth-order valence-electron chi connectivity index (χ4n) is 2.99.